The SMILES string of the molecule is Cc1cc(C)c(N2CCN(C(=O)c3ccc(N4C(=O)OCC4C)cc3S(C)(=O)=O)CC2)nc1C.Cl. The first kappa shape index (κ1) is 26.7. The molecule has 2 saturated heterocycles. The predicted molar refractivity (Wildman–Crippen MR) is 137 cm³/mol. The lowest BCUT2D eigenvalue weighted by molar-refractivity contribution is 0.0742. The number of carbonyl (C=O) groups is 2. The lowest BCUT2D eigenvalue weighted by Gasteiger charge is -2.36. The van der Waals surface area contributed by atoms with E-state index in [1.807, 2.05) is 27.7 Å². The number of aromatic nitrogens is 1. The number of carbonyl (C=O) groups excluding carboxylic acids is 2. The summed E-state index contributed by atoms with van der Waals surface area (Å²) in [6.07, 6.45) is 0.540. The van der Waals surface area contributed by atoms with Gasteiger partial charge in [-0.1, -0.05) is 6.07 Å². The van der Waals surface area contributed by atoms with E-state index >= 15 is 0 Å². The van der Waals surface area contributed by atoms with Crippen LogP contribution in [0.4, 0.5) is 16.3 Å². The summed E-state index contributed by atoms with van der Waals surface area (Å²) in [5.74, 6) is 0.580. The van der Waals surface area contributed by atoms with E-state index in [0.717, 1.165) is 28.9 Å². The van der Waals surface area contributed by atoms with Crippen molar-refractivity contribution in [2.24, 2.45) is 0 Å². The van der Waals surface area contributed by atoms with Crippen molar-refractivity contribution in [3.63, 3.8) is 0 Å². The first-order valence-electron chi connectivity index (χ1n) is 11.3. The van der Waals surface area contributed by atoms with E-state index < -0.39 is 15.9 Å². The quantitative estimate of drug-likeness (QED) is 0.608. The molecule has 0 N–H and O–H groups in total. The molecular formula is C24H31ClN4O5S. The molecule has 2 aliphatic rings. The van der Waals surface area contributed by atoms with Crippen molar-refractivity contribution in [2.45, 2.75) is 38.6 Å². The van der Waals surface area contributed by atoms with Gasteiger partial charge in [-0.3, -0.25) is 9.69 Å². The van der Waals surface area contributed by atoms with Gasteiger partial charge in [-0.2, -0.15) is 0 Å². The van der Waals surface area contributed by atoms with Crippen molar-refractivity contribution in [1.29, 1.82) is 0 Å². The molecule has 1 aromatic heterocycles. The number of benzene rings is 1. The van der Waals surface area contributed by atoms with Crippen LogP contribution in [0.5, 0.6) is 0 Å². The number of halogens is 1. The van der Waals surface area contributed by atoms with Gasteiger partial charge < -0.3 is 14.5 Å². The van der Waals surface area contributed by atoms with Gasteiger partial charge in [0.15, 0.2) is 9.84 Å². The number of anilines is 2. The lowest BCUT2D eigenvalue weighted by atomic mass is 10.1. The van der Waals surface area contributed by atoms with Crippen molar-refractivity contribution >= 4 is 45.7 Å². The Kier molecular flexibility index (Phi) is 7.66. The normalized spacial score (nSPS) is 18.4. The van der Waals surface area contributed by atoms with E-state index in [9.17, 15) is 18.0 Å². The molecule has 2 aliphatic heterocycles. The summed E-state index contributed by atoms with van der Waals surface area (Å²) in [6.45, 7) is 10.2. The van der Waals surface area contributed by atoms with Crippen LogP contribution in [0.15, 0.2) is 29.2 Å². The fourth-order valence-electron chi connectivity index (χ4n) is 4.46. The van der Waals surface area contributed by atoms with Gasteiger partial charge in [0.25, 0.3) is 5.91 Å². The van der Waals surface area contributed by atoms with Gasteiger partial charge >= 0.3 is 6.09 Å². The molecule has 2 fully saturated rings. The van der Waals surface area contributed by atoms with Crippen molar-refractivity contribution in [1.82, 2.24) is 9.88 Å². The molecule has 9 nitrogen and oxygen atoms in total. The van der Waals surface area contributed by atoms with Crippen LogP contribution in [0.1, 0.15) is 34.1 Å². The number of amides is 2. The molecule has 190 valence electrons. The van der Waals surface area contributed by atoms with Gasteiger partial charge in [-0.15, -0.1) is 12.4 Å². The van der Waals surface area contributed by atoms with E-state index in [0.29, 0.717) is 31.9 Å². The van der Waals surface area contributed by atoms with Crippen LogP contribution < -0.4 is 9.80 Å². The molecule has 0 saturated carbocycles. The number of sulfone groups is 1. The number of hydrogen-bond acceptors (Lipinski definition) is 7. The second kappa shape index (κ2) is 10.0. The molecule has 1 aromatic carbocycles. The van der Waals surface area contributed by atoms with E-state index in [2.05, 4.69) is 11.0 Å². The number of aryl methyl sites for hydroxylation is 3. The Balaban J connectivity index is 0.00000342. The van der Waals surface area contributed by atoms with Gasteiger partial charge in [0.1, 0.15) is 12.4 Å². The van der Waals surface area contributed by atoms with Gasteiger partial charge in [-0.05, 0) is 57.0 Å². The number of rotatable bonds is 4. The fraction of sp³-hybridized carbons (Fsp3) is 0.458. The second-order valence-corrected chi connectivity index (χ2v) is 11.0. The molecule has 4 rings (SSSR count). The topological polar surface area (TPSA) is 100 Å². The maximum absolute atomic E-state index is 13.4. The summed E-state index contributed by atoms with van der Waals surface area (Å²) < 4.78 is 30.2. The highest BCUT2D eigenvalue weighted by Gasteiger charge is 2.33. The molecule has 2 aromatic rings. The minimum atomic E-state index is -3.72. The summed E-state index contributed by atoms with van der Waals surface area (Å²) in [5, 5.41) is 0. The molecule has 35 heavy (non-hydrogen) atoms. The number of cyclic esters (lactones) is 1. The minimum Gasteiger partial charge on any atom is -0.447 e. The van der Waals surface area contributed by atoms with E-state index in [1.165, 1.54) is 17.0 Å². The zero-order valence-corrected chi connectivity index (χ0v) is 22.2. The Morgan fingerprint density at radius 3 is 2.29 bits per heavy atom. The van der Waals surface area contributed by atoms with Crippen molar-refractivity contribution < 1.29 is 22.7 Å². The van der Waals surface area contributed by atoms with E-state index in [1.54, 1.807) is 11.0 Å². The van der Waals surface area contributed by atoms with Gasteiger partial charge in [0.05, 0.1) is 16.5 Å². The van der Waals surface area contributed by atoms with Crippen LogP contribution in [0, 0.1) is 20.8 Å². The molecule has 1 atom stereocenters. The van der Waals surface area contributed by atoms with E-state index in [4.69, 9.17) is 9.72 Å². The molecular weight excluding hydrogens is 492 g/mol. The van der Waals surface area contributed by atoms with Gasteiger partial charge in [0.2, 0.25) is 0 Å². The Hall–Kier alpha value is -2.85. The number of pyridine rings is 1. The third-order valence-electron chi connectivity index (χ3n) is 6.46. The summed E-state index contributed by atoms with van der Waals surface area (Å²) in [4.78, 5) is 35.3. The predicted octanol–water partition coefficient (Wildman–Crippen LogP) is 3.14. The number of hydrogen-bond donors (Lipinski definition) is 0. The highest BCUT2D eigenvalue weighted by Crippen LogP contribution is 2.29. The highest BCUT2D eigenvalue weighted by atomic mass is 35.5. The lowest BCUT2D eigenvalue weighted by Crippen LogP contribution is -2.49. The van der Waals surface area contributed by atoms with Crippen LogP contribution in [-0.4, -0.2) is 75.4 Å². The smallest absolute Gasteiger partial charge is 0.414 e. The average molecular weight is 523 g/mol. The molecule has 11 heteroatoms. The van der Waals surface area contributed by atoms with Crippen molar-refractivity contribution in [3.8, 4) is 0 Å². The zero-order chi connectivity index (χ0) is 24.8. The number of ether oxygens (including phenoxy) is 1. The summed E-state index contributed by atoms with van der Waals surface area (Å²) in [7, 11) is -3.72. The molecule has 2 amide bonds. The monoisotopic (exact) mass is 522 g/mol. The largest absolute Gasteiger partial charge is 0.447 e. The summed E-state index contributed by atoms with van der Waals surface area (Å²) >= 11 is 0. The van der Waals surface area contributed by atoms with Crippen LogP contribution >= 0.6 is 12.4 Å². The minimum absolute atomic E-state index is 0. The van der Waals surface area contributed by atoms with Gasteiger partial charge in [-0.25, -0.2) is 18.2 Å². The van der Waals surface area contributed by atoms with Crippen molar-refractivity contribution in [2.75, 3.05) is 48.8 Å². The Bertz CT molecular complexity index is 1260. The maximum atomic E-state index is 13.4. The third-order valence-corrected chi connectivity index (χ3v) is 7.59. The first-order valence-corrected chi connectivity index (χ1v) is 13.2. The fourth-order valence-corrected chi connectivity index (χ4v) is 5.35. The summed E-state index contributed by atoms with van der Waals surface area (Å²) in [5.41, 5.74) is 3.72. The van der Waals surface area contributed by atoms with Crippen LogP contribution in [0.25, 0.3) is 0 Å². The zero-order valence-electron chi connectivity index (χ0n) is 20.6. The van der Waals surface area contributed by atoms with Crippen molar-refractivity contribution in [3.05, 3.63) is 46.6 Å². The Labute approximate surface area is 212 Å². The van der Waals surface area contributed by atoms with Crippen LogP contribution in [0.3, 0.4) is 0 Å². The molecule has 0 spiro atoms. The van der Waals surface area contributed by atoms with Gasteiger partial charge in [0, 0.05) is 43.8 Å². The third kappa shape index (κ3) is 5.23. The molecule has 1 unspecified atom stereocenters. The standard InChI is InChI=1S/C24H30N4O5S.ClH/c1-15-12-16(2)22(25-18(15)4)26-8-10-27(11-9-26)23(29)20-7-6-19(13-21(20)34(5,31)32)28-17(3)14-33-24(28)30;/h6-7,12-13,17H,8-11,14H2,1-5H3;1H. The van der Waals surface area contributed by atoms with E-state index in [-0.39, 0.29) is 41.4 Å². The molecule has 0 bridgehead atoms. The first-order chi connectivity index (χ1) is 16.0. The number of nitrogens with zero attached hydrogens (tertiary/aromatic N) is 4. The Morgan fingerprint density at radius 2 is 1.71 bits per heavy atom. The molecule has 3 heterocycles. The second-order valence-electron chi connectivity index (χ2n) is 9.06. The summed E-state index contributed by atoms with van der Waals surface area (Å²) in [6, 6.07) is 6.38. The highest BCUT2D eigenvalue weighted by molar-refractivity contribution is 7.90. The van der Waals surface area contributed by atoms with Crippen LogP contribution in [0.2, 0.25) is 0 Å². The average Bonchev–Trinajstić information content (AvgIpc) is 3.13. The molecule has 0 aliphatic carbocycles. The molecule has 0 radical (unpaired) electrons. The Morgan fingerprint density at radius 1 is 1.06 bits per heavy atom. The maximum Gasteiger partial charge on any atom is 0.414 e. The van der Waals surface area contributed by atoms with Crippen LogP contribution in [-0.2, 0) is 14.6 Å². The number of piperazine rings is 1.